The van der Waals surface area contributed by atoms with Gasteiger partial charge in [0.1, 0.15) is 6.07 Å². The van der Waals surface area contributed by atoms with Gasteiger partial charge in [0.15, 0.2) is 0 Å². The van der Waals surface area contributed by atoms with E-state index < -0.39 is 0 Å². The van der Waals surface area contributed by atoms with Gasteiger partial charge in [-0.05, 0) is 117 Å². The Kier molecular flexibility index (Phi) is 10.5. The molecule has 4 heteroatoms. The van der Waals surface area contributed by atoms with Gasteiger partial charge < -0.3 is 9.80 Å². The molecule has 9 aromatic carbocycles. The molecule has 60 heavy (non-hydrogen) atoms. The first kappa shape index (κ1) is 37.2. The summed E-state index contributed by atoms with van der Waals surface area (Å²) in [5.41, 5.74) is 13.4. The molecular formula is C56H38N4. The summed E-state index contributed by atoms with van der Waals surface area (Å²) >= 11 is 0. The summed E-state index contributed by atoms with van der Waals surface area (Å²) in [5, 5.41) is 11.4. The van der Waals surface area contributed by atoms with Crippen LogP contribution in [0.15, 0.2) is 231 Å². The van der Waals surface area contributed by atoms with Crippen LogP contribution in [0.4, 0.5) is 39.8 Å². The molecule has 0 bridgehead atoms. The maximum Gasteiger partial charge on any atom is 0.203 e. The quantitative estimate of drug-likeness (QED) is 0.130. The molecule has 0 spiro atoms. The predicted octanol–water partition coefficient (Wildman–Crippen LogP) is 15.7. The first-order valence-corrected chi connectivity index (χ1v) is 19.9. The molecule has 0 radical (unpaired) electrons. The highest BCUT2D eigenvalue weighted by Gasteiger charge is 2.28. The van der Waals surface area contributed by atoms with Crippen molar-refractivity contribution < 1.29 is 0 Å². The molecular weight excluding hydrogens is 729 g/mol. The number of nitriles is 1. The molecule has 0 atom stereocenters. The number of rotatable bonds is 10. The molecule has 0 heterocycles. The zero-order valence-electron chi connectivity index (χ0n) is 32.7. The third kappa shape index (κ3) is 7.18. The van der Waals surface area contributed by atoms with Crippen LogP contribution in [0.25, 0.3) is 49.4 Å². The molecule has 4 nitrogen and oxygen atoms in total. The lowest BCUT2D eigenvalue weighted by molar-refractivity contribution is 1.28. The molecule has 0 saturated carbocycles. The van der Waals surface area contributed by atoms with E-state index in [0.717, 1.165) is 78.6 Å². The molecule has 0 unspecified atom stereocenters. The summed E-state index contributed by atoms with van der Waals surface area (Å²) in [4.78, 5) is 8.81. The number of anilines is 6. The van der Waals surface area contributed by atoms with Crippen molar-refractivity contribution in [2.45, 2.75) is 0 Å². The van der Waals surface area contributed by atoms with Crippen molar-refractivity contribution in [3.05, 3.63) is 248 Å². The minimum Gasteiger partial charge on any atom is -0.311 e. The van der Waals surface area contributed by atoms with Crippen LogP contribution in [0, 0.1) is 17.9 Å². The van der Waals surface area contributed by atoms with E-state index in [4.69, 9.17) is 6.57 Å². The zero-order valence-corrected chi connectivity index (χ0v) is 32.7. The summed E-state index contributed by atoms with van der Waals surface area (Å²) in [5.74, 6) is 0. The second-order valence-corrected chi connectivity index (χ2v) is 14.3. The third-order valence-corrected chi connectivity index (χ3v) is 10.7. The fraction of sp³-hybridized carbons (Fsp3) is 0. The summed E-state index contributed by atoms with van der Waals surface area (Å²) in [6.45, 7) is 8.91. The van der Waals surface area contributed by atoms with Crippen LogP contribution in [0.5, 0.6) is 0 Å². The Morgan fingerprint density at radius 2 is 0.567 bits per heavy atom. The van der Waals surface area contributed by atoms with Crippen LogP contribution in [0.1, 0.15) is 5.56 Å². The molecule has 282 valence electrons. The Hall–Kier alpha value is -8.44. The molecule has 0 N–H and O–H groups in total. The van der Waals surface area contributed by atoms with Gasteiger partial charge in [-0.25, -0.2) is 4.85 Å². The highest BCUT2D eigenvalue weighted by Crippen LogP contribution is 2.53. The van der Waals surface area contributed by atoms with Crippen molar-refractivity contribution in [3.8, 4) is 50.6 Å². The van der Waals surface area contributed by atoms with Gasteiger partial charge in [0, 0.05) is 34.1 Å². The Morgan fingerprint density at radius 1 is 0.317 bits per heavy atom. The highest BCUT2D eigenvalue weighted by molar-refractivity contribution is 6.09. The van der Waals surface area contributed by atoms with Crippen LogP contribution in [-0.4, -0.2) is 0 Å². The van der Waals surface area contributed by atoms with Crippen molar-refractivity contribution >= 4 is 39.8 Å². The smallest absolute Gasteiger partial charge is 0.203 e. The van der Waals surface area contributed by atoms with Gasteiger partial charge in [-0.2, -0.15) is 5.26 Å². The predicted molar refractivity (Wildman–Crippen MR) is 249 cm³/mol. The highest BCUT2D eigenvalue weighted by atomic mass is 15.1. The van der Waals surface area contributed by atoms with Crippen molar-refractivity contribution in [1.29, 1.82) is 5.26 Å². The Morgan fingerprint density at radius 3 is 0.867 bits per heavy atom. The minimum atomic E-state index is 0.490. The third-order valence-electron chi connectivity index (χ3n) is 10.7. The van der Waals surface area contributed by atoms with Crippen LogP contribution in [-0.2, 0) is 0 Å². The zero-order chi connectivity index (χ0) is 40.7. The van der Waals surface area contributed by atoms with Gasteiger partial charge in [-0.15, -0.1) is 0 Å². The maximum atomic E-state index is 11.4. The van der Waals surface area contributed by atoms with E-state index in [-0.39, 0.29) is 0 Å². The second-order valence-electron chi connectivity index (χ2n) is 14.3. The topological polar surface area (TPSA) is 34.6 Å². The van der Waals surface area contributed by atoms with Crippen LogP contribution >= 0.6 is 0 Å². The van der Waals surface area contributed by atoms with Gasteiger partial charge >= 0.3 is 0 Å². The molecule has 0 aliphatic rings. The number of hydrogen-bond donors (Lipinski definition) is 0. The molecule has 0 fully saturated rings. The van der Waals surface area contributed by atoms with Gasteiger partial charge in [0.05, 0.1) is 12.1 Å². The molecule has 9 aromatic rings. The van der Waals surface area contributed by atoms with E-state index in [1.165, 1.54) is 0 Å². The molecule has 0 aliphatic carbocycles. The lowest BCUT2D eigenvalue weighted by atomic mass is 9.80. The van der Waals surface area contributed by atoms with E-state index in [0.29, 0.717) is 11.3 Å². The summed E-state index contributed by atoms with van der Waals surface area (Å²) < 4.78 is 0. The minimum absolute atomic E-state index is 0.490. The molecule has 0 saturated heterocycles. The summed E-state index contributed by atoms with van der Waals surface area (Å²) in [7, 11) is 0. The fourth-order valence-electron chi connectivity index (χ4n) is 8.07. The average molecular weight is 767 g/mol. The molecule has 0 aliphatic heterocycles. The lowest BCUT2D eigenvalue weighted by Gasteiger charge is -2.27. The van der Waals surface area contributed by atoms with Crippen molar-refractivity contribution in [2.24, 2.45) is 0 Å². The van der Waals surface area contributed by atoms with Gasteiger partial charge in [-0.3, -0.25) is 0 Å². The van der Waals surface area contributed by atoms with E-state index in [2.05, 4.69) is 118 Å². The Labute approximate surface area is 351 Å². The molecule has 9 rings (SSSR count). The molecule has 0 aromatic heterocycles. The van der Waals surface area contributed by atoms with Crippen molar-refractivity contribution in [2.75, 3.05) is 9.80 Å². The van der Waals surface area contributed by atoms with Gasteiger partial charge in [0.2, 0.25) is 5.69 Å². The second kappa shape index (κ2) is 17.0. The first-order chi connectivity index (χ1) is 29.7. The average Bonchev–Trinajstić information content (AvgIpc) is 3.33. The fourth-order valence-corrected chi connectivity index (χ4v) is 8.07. The van der Waals surface area contributed by atoms with Crippen molar-refractivity contribution in [3.63, 3.8) is 0 Å². The van der Waals surface area contributed by atoms with Crippen molar-refractivity contribution in [1.82, 2.24) is 0 Å². The monoisotopic (exact) mass is 766 g/mol. The summed E-state index contributed by atoms with van der Waals surface area (Å²) in [6.07, 6.45) is 0. The van der Waals surface area contributed by atoms with Crippen LogP contribution in [0.3, 0.4) is 0 Å². The first-order valence-electron chi connectivity index (χ1n) is 19.9. The number of para-hydroxylation sites is 4. The van der Waals surface area contributed by atoms with Crippen LogP contribution < -0.4 is 9.80 Å². The lowest BCUT2D eigenvalue weighted by Crippen LogP contribution is -2.09. The number of hydrogen-bond acceptors (Lipinski definition) is 3. The standard InChI is InChI=1S/C56H38N4/c1-58-56-54(42-22-10-3-11-23-42)53(43-32-36-49(37-33-43)59(45-24-12-4-13-25-45)46-26-14-5-15-27-46)51(40-57)52(41-20-8-2-9-21-41)55(56)44-34-38-50(39-35-44)60(47-28-16-6-17-29-47)48-30-18-7-19-31-48/h2-39H. The molecule has 0 amide bonds. The van der Waals surface area contributed by atoms with E-state index in [9.17, 15) is 5.26 Å². The van der Waals surface area contributed by atoms with Gasteiger partial charge in [-0.1, -0.05) is 158 Å². The number of nitrogens with zero attached hydrogens (tertiary/aromatic N) is 4. The Bertz CT molecular complexity index is 2650. The maximum absolute atomic E-state index is 11.4. The SMILES string of the molecule is [C-]#[N+]c1c(-c2ccccc2)c(-c2ccc(N(c3ccccc3)c3ccccc3)cc2)c(C#N)c(-c2ccccc2)c1-c1ccc(N(c2ccccc2)c2ccccc2)cc1. The van der Waals surface area contributed by atoms with E-state index in [1.54, 1.807) is 0 Å². The van der Waals surface area contributed by atoms with E-state index >= 15 is 0 Å². The van der Waals surface area contributed by atoms with Gasteiger partial charge in [0.25, 0.3) is 0 Å². The number of benzene rings is 9. The normalized spacial score (nSPS) is 10.6. The van der Waals surface area contributed by atoms with Crippen LogP contribution in [0.2, 0.25) is 0 Å². The summed E-state index contributed by atoms with van der Waals surface area (Å²) in [6, 6.07) is 80.6. The van der Waals surface area contributed by atoms with E-state index in [1.807, 2.05) is 133 Å². The Balaban J connectivity index is 1.27. The largest absolute Gasteiger partial charge is 0.311 e.